The molecular weight excluding hydrogens is 697 g/mol. The van der Waals surface area contributed by atoms with Crippen LogP contribution in [0, 0.1) is 0 Å². The van der Waals surface area contributed by atoms with Gasteiger partial charge in [0.2, 0.25) is 0 Å². The molecule has 0 N–H and O–H groups in total. The van der Waals surface area contributed by atoms with Crippen LogP contribution in [0.1, 0.15) is 51.7 Å². The molecule has 0 atom stereocenters. The molecule has 10 aromatic rings. The topological polar surface area (TPSA) is 69.4 Å². The van der Waals surface area contributed by atoms with Gasteiger partial charge in [0.15, 0.2) is 17.5 Å². The largest absolute Gasteiger partial charge is 0.309 e. The highest BCUT2D eigenvalue weighted by atomic mass is 15.0. The third kappa shape index (κ3) is 5.35. The van der Waals surface area contributed by atoms with Gasteiger partial charge in [0, 0.05) is 56.3 Å². The second-order valence-electron chi connectivity index (χ2n) is 16.9. The molecule has 6 aromatic carbocycles. The molecule has 6 heteroatoms. The van der Waals surface area contributed by atoms with Crippen molar-refractivity contribution >= 4 is 54.4 Å². The zero-order valence-corrected chi connectivity index (χ0v) is 32.5. The van der Waals surface area contributed by atoms with E-state index in [-0.39, 0.29) is 10.8 Å². The second-order valence-corrected chi connectivity index (χ2v) is 16.9. The van der Waals surface area contributed by atoms with Gasteiger partial charge in [0.1, 0.15) is 0 Å². The lowest BCUT2D eigenvalue weighted by atomic mass is 9.63. The highest BCUT2D eigenvalue weighted by Crippen LogP contribution is 2.48. The SMILES string of the molecule is CC1(C)CCC(C)(C)c2cc3c(cc21)c1ccccc1n3-c1ccc(-c2nc(-c3cnc4c(ccc5cccnc54)c3)nc(-c3cccc4ccccc34)n2)cc1. The van der Waals surface area contributed by atoms with Gasteiger partial charge in [-0.15, -0.1) is 0 Å². The molecule has 0 saturated carbocycles. The first kappa shape index (κ1) is 33.5. The van der Waals surface area contributed by atoms with E-state index in [1.54, 1.807) is 0 Å². The highest BCUT2D eigenvalue weighted by molar-refractivity contribution is 6.10. The summed E-state index contributed by atoms with van der Waals surface area (Å²) in [6.07, 6.45) is 6.03. The molecule has 4 aromatic heterocycles. The lowest BCUT2D eigenvalue weighted by Gasteiger charge is -2.42. The van der Waals surface area contributed by atoms with E-state index in [0.29, 0.717) is 17.5 Å². The molecule has 57 heavy (non-hydrogen) atoms. The molecule has 0 fully saturated rings. The summed E-state index contributed by atoms with van der Waals surface area (Å²) in [6.45, 7) is 9.60. The van der Waals surface area contributed by atoms with Crippen molar-refractivity contribution in [1.29, 1.82) is 0 Å². The zero-order valence-electron chi connectivity index (χ0n) is 32.5. The molecular formula is C51H40N6. The molecule has 0 bridgehead atoms. The number of nitrogens with zero attached hydrogens (tertiary/aromatic N) is 6. The Morgan fingerprint density at radius 1 is 0.474 bits per heavy atom. The van der Waals surface area contributed by atoms with E-state index in [9.17, 15) is 0 Å². The molecule has 0 radical (unpaired) electrons. The van der Waals surface area contributed by atoms with Crippen molar-refractivity contribution < 1.29 is 0 Å². The number of aromatic nitrogens is 6. The molecule has 0 saturated heterocycles. The van der Waals surface area contributed by atoms with E-state index in [0.717, 1.165) is 55.0 Å². The third-order valence-corrected chi connectivity index (χ3v) is 12.4. The van der Waals surface area contributed by atoms with Gasteiger partial charge in [-0.05, 0) is 100 Å². The Morgan fingerprint density at radius 3 is 1.95 bits per heavy atom. The van der Waals surface area contributed by atoms with Crippen LogP contribution in [0.3, 0.4) is 0 Å². The minimum atomic E-state index is 0.105. The lowest BCUT2D eigenvalue weighted by molar-refractivity contribution is 0.332. The first-order valence-electron chi connectivity index (χ1n) is 19.8. The fraction of sp³-hybridized carbons (Fsp3) is 0.157. The van der Waals surface area contributed by atoms with Gasteiger partial charge < -0.3 is 4.57 Å². The Kier molecular flexibility index (Phi) is 7.27. The Labute approximate surface area is 330 Å². The average Bonchev–Trinajstić information content (AvgIpc) is 3.58. The number of hydrogen-bond donors (Lipinski definition) is 0. The van der Waals surface area contributed by atoms with Crippen LogP contribution in [0.25, 0.3) is 94.2 Å². The zero-order chi connectivity index (χ0) is 38.5. The second kappa shape index (κ2) is 12.4. The van der Waals surface area contributed by atoms with Gasteiger partial charge in [0.05, 0.1) is 22.1 Å². The van der Waals surface area contributed by atoms with Crippen LogP contribution in [-0.2, 0) is 10.8 Å². The monoisotopic (exact) mass is 736 g/mol. The van der Waals surface area contributed by atoms with E-state index >= 15 is 0 Å². The number of para-hydroxylation sites is 1. The van der Waals surface area contributed by atoms with Crippen molar-refractivity contribution in [2.24, 2.45) is 0 Å². The number of rotatable bonds is 4. The van der Waals surface area contributed by atoms with E-state index in [2.05, 4.69) is 165 Å². The predicted molar refractivity (Wildman–Crippen MR) is 234 cm³/mol. The summed E-state index contributed by atoms with van der Waals surface area (Å²) in [7, 11) is 0. The number of hydrogen-bond acceptors (Lipinski definition) is 5. The molecule has 0 spiro atoms. The standard InChI is InChI=1S/C51H40N6/c1-50(2)24-25-51(3,4)42-29-44-40(28-41(42)50)38-15-7-8-17-43(38)57(44)36-22-20-33(21-23-36)47-54-48(56-49(55-47)39-16-9-12-31-11-5-6-14-37(31)39)35-27-34-19-18-32-13-10-26-52-45(32)46(34)53-30-35/h5-23,26-30H,24-25H2,1-4H3. The Hall–Kier alpha value is -6.79. The van der Waals surface area contributed by atoms with E-state index < -0.39 is 0 Å². The van der Waals surface area contributed by atoms with Crippen LogP contribution < -0.4 is 0 Å². The average molecular weight is 737 g/mol. The summed E-state index contributed by atoms with van der Waals surface area (Å²) < 4.78 is 2.42. The number of fused-ring (bicyclic) bond motifs is 8. The van der Waals surface area contributed by atoms with Crippen molar-refractivity contribution in [2.75, 3.05) is 0 Å². The van der Waals surface area contributed by atoms with Crippen molar-refractivity contribution in [3.05, 3.63) is 157 Å². The molecule has 0 unspecified atom stereocenters. The summed E-state index contributed by atoms with van der Waals surface area (Å²) in [5, 5.41) is 6.84. The molecule has 0 aliphatic heterocycles. The van der Waals surface area contributed by atoms with Crippen LogP contribution in [-0.4, -0.2) is 29.5 Å². The van der Waals surface area contributed by atoms with Crippen molar-refractivity contribution in [1.82, 2.24) is 29.5 Å². The van der Waals surface area contributed by atoms with Crippen LogP contribution in [0.4, 0.5) is 0 Å². The van der Waals surface area contributed by atoms with Crippen LogP contribution in [0.5, 0.6) is 0 Å². The maximum absolute atomic E-state index is 5.16. The molecule has 1 aliphatic rings. The molecule has 6 nitrogen and oxygen atoms in total. The van der Waals surface area contributed by atoms with Crippen LogP contribution in [0.2, 0.25) is 0 Å². The van der Waals surface area contributed by atoms with E-state index in [1.807, 2.05) is 18.5 Å². The van der Waals surface area contributed by atoms with Crippen molar-refractivity contribution in [2.45, 2.75) is 51.4 Å². The smallest absolute Gasteiger partial charge is 0.165 e. The molecule has 4 heterocycles. The maximum Gasteiger partial charge on any atom is 0.165 e. The van der Waals surface area contributed by atoms with Crippen molar-refractivity contribution in [3.8, 4) is 39.9 Å². The van der Waals surface area contributed by atoms with Gasteiger partial charge in [-0.3, -0.25) is 9.97 Å². The van der Waals surface area contributed by atoms with E-state index in [1.165, 1.54) is 45.8 Å². The summed E-state index contributed by atoms with van der Waals surface area (Å²) in [4.78, 5) is 25.0. The van der Waals surface area contributed by atoms with E-state index in [4.69, 9.17) is 19.9 Å². The maximum atomic E-state index is 5.16. The summed E-state index contributed by atoms with van der Waals surface area (Å²) in [5.41, 5.74) is 11.1. The first-order chi connectivity index (χ1) is 27.7. The normalized spacial score (nSPS) is 14.8. The molecule has 11 rings (SSSR count). The molecule has 0 amide bonds. The molecule has 274 valence electrons. The van der Waals surface area contributed by atoms with Crippen molar-refractivity contribution in [3.63, 3.8) is 0 Å². The highest BCUT2D eigenvalue weighted by Gasteiger charge is 2.38. The van der Waals surface area contributed by atoms with Gasteiger partial charge in [0.25, 0.3) is 0 Å². The minimum absolute atomic E-state index is 0.105. The summed E-state index contributed by atoms with van der Waals surface area (Å²) in [6, 6.07) is 47.4. The minimum Gasteiger partial charge on any atom is -0.309 e. The Morgan fingerprint density at radius 2 is 1.12 bits per heavy atom. The number of benzene rings is 6. The van der Waals surface area contributed by atoms with Gasteiger partial charge >= 0.3 is 0 Å². The summed E-state index contributed by atoms with van der Waals surface area (Å²) >= 11 is 0. The van der Waals surface area contributed by atoms with Gasteiger partial charge in [-0.1, -0.05) is 107 Å². The Bertz CT molecular complexity index is 3240. The van der Waals surface area contributed by atoms with Crippen LogP contribution >= 0.6 is 0 Å². The number of pyridine rings is 2. The Balaban J connectivity index is 1.08. The van der Waals surface area contributed by atoms with Gasteiger partial charge in [-0.25, -0.2) is 15.0 Å². The third-order valence-electron chi connectivity index (χ3n) is 12.4. The quantitative estimate of drug-likeness (QED) is 0.168. The van der Waals surface area contributed by atoms with Gasteiger partial charge in [-0.2, -0.15) is 0 Å². The molecule has 1 aliphatic carbocycles. The fourth-order valence-electron chi connectivity index (χ4n) is 9.10. The summed E-state index contributed by atoms with van der Waals surface area (Å²) in [5.74, 6) is 1.80. The first-order valence-corrected chi connectivity index (χ1v) is 19.8. The predicted octanol–water partition coefficient (Wildman–Crippen LogP) is 12.6. The fourth-order valence-corrected chi connectivity index (χ4v) is 9.10. The van der Waals surface area contributed by atoms with Crippen LogP contribution in [0.15, 0.2) is 146 Å². The lowest BCUT2D eigenvalue weighted by Crippen LogP contribution is -2.33.